The summed E-state index contributed by atoms with van der Waals surface area (Å²) < 4.78 is 22.9. The van der Waals surface area contributed by atoms with E-state index in [1.54, 1.807) is 35.3 Å². The zero-order valence-corrected chi connectivity index (χ0v) is 38.8. The van der Waals surface area contributed by atoms with E-state index in [1.807, 2.05) is 94.4 Å². The van der Waals surface area contributed by atoms with Crippen LogP contribution in [0, 0.1) is 0 Å². The van der Waals surface area contributed by atoms with Crippen LogP contribution in [0.2, 0.25) is 0 Å². The third-order valence-corrected chi connectivity index (χ3v) is 25.0. The Labute approximate surface area is 337 Å². The van der Waals surface area contributed by atoms with Gasteiger partial charge in [0.1, 0.15) is 39.6 Å². The Morgan fingerprint density at radius 1 is 0.722 bits per heavy atom. The molecule has 0 aliphatic rings. The zero-order chi connectivity index (χ0) is 40.1. The van der Waals surface area contributed by atoms with E-state index < -0.39 is 44.9 Å². The average Bonchev–Trinajstić information content (AvgIpc) is 3.16. The minimum atomic E-state index is -1.70. The van der Waals surface area contributed by atoms with E-state index in [-0.39, 0.29) is 8.42 Å². The van der Waals surface area contributed by atoms with Crippen LogP contribution in [0.25, 0.3) is 0 Å². The van der Waals surface area contributed by atoms with Crippen molar-refractivity contribution in [1.82, 2.24) is 9.56 Å². The predicted octanol–water partition coefficient (Wildman–Crippen LogP) is 9.61. The Bertz CT molecular complexity index is 1760. The first-order chi connectivity index (χ1) is 25.5. The summed E-state index contributed by atoms with van der Waals surface area (Å²) in [6.45, 7) is 8.92. The van der Waals surface area contributed by atoms with Crippen LogP contribution in [0.3, 0.4) is 0 Å². The van der Waals surface area contributed by atoms with Gasteiger partial charge in [-0.2, -0.15) is 10.2 Å². The summed E-state index contributed by atoms with van der Waals surface area (Å²) in [4.78, 5) is 11.0. The Morgan fingerprint density at radius 2 is 1.15 bits per heavy atom. The number of benzene rings is 3. The summed E-state index contributed by atoms with van der Waals surface area (Å²) in [5.74, 6) is 2.12. The van der Waals surface area contributed by atoms with E-state index in [2.05, 4.69) is 25.9 Å². The summed E-state index contributed by atoms with van der Waals surface area (Å²) in [6, 6.07) is 22.6. The van der Waals surface area contributed by atoms with E-state index in [0.717, 1.165) is 54.6 Å². The highest BCUT2D eigenvalue weighted by Crippen LogP contribution is 2.74. The second-order valence-electron chi connectivity index (χ2n) is 13.5. The molecule has 7 unspecified atom stereocenters. The Kier molecular flexibility index (Phi) is 18.6. The number of nitrogens with two attached hydrogens (primary N) is 3. The molecular weight excluding hydrogens is 813 g/mol. The van der Waals surface area contributed by atoms with E-state index in [1.165, 1.54) is 0 Å². The number of nitrogens with zero attached hydrogens (tertiary/aromatic N) is 4. The van der Waals surface area contributed by atoms with Crippen LogP contribution in [0.4, 0.5) is 0 Å². The summed E-state index contributed by atoms with van der Waals surface area (Å²) >= 11 is 12.0. The second kappa shape index (κ2) is 21.6. The molecule has 296 valence electrons. The van der Waals surface area contributed by atoms with Gasteiger partial charge < -0.3 is 30.7 Å². The topological polar surface area (TPSA) is 154 Å². The first-order valence-electron chi connectivity index (χ1n) is 17.5. The molecule has 3 aromatic carbocycles. The molecule has 0 spiro atoms. The number of hydrogen-bond donors (Lipinski definition) is 3. The second-order valence-corrected chi connectivity index (χ2v) is 29.1. The van der Waals surface area contributed by atoms with E-state index in [0.29, 0.717) is 11.3 Å². The van der Waals surface area contributed by atoms with Gasteiger partial charge in [0.25, 0.3) is 0 Å². The first kappa shape index (κ1) is 46.5. The molecule has 0 aromatic heterocycles. The van der Waals surface area contributed by atoms with E-state index in [9.17, 15) is 4.79 Å². The highest BCUT2D eigenvalue weighted by Gasteiger charge is 2.37. The van der Waals surface area contributed by atoms with Gasteiger partial charge in [-0.1, -0.05) is 50.3 Å². The molecule has 0 aliphatic heterocycles. The molecule has 3 aromatic rings. The Balaban J connectivity index is 1.63. The lowest BCUT2D eigenvalue weighted by molar-refractivity contribution is 0.112. The molecule has 0 aliphatic carbocycles. The van der Waals surface area contributed by atoms with Gasteiger partial charge in [0.2, 0.25) is 0 Å². The van der Waals surface area contributed by atoms with Gasteiger partial charge in [0.05, 0.1) is 33.9 Å². The van der Waals surface area contributed by atoms with Crippen molar-refractivity contribution in [3.8, 4) is 17.2 Å². The van der Waals surface area contributed by atoms with Crippen LogP contribution in [0.15, 0.2) is 83.0 Å². The van der Waals surface area contributed by atoms with Gasteiger partial charge >= 0.3 is 0 Å². The van der Waals surface area contributed by atoms with Crippen molar-refractivity contribution >= 4 is 79.7 Å². The molecule has 6 N–H and O–H groups in total. The molecule has 54 heavy (non-hydrogen) atoms. The van der Waals surface area contributed by atoms with Crippen molar-refractivity contribution in [1.29, 1.82) is 0 Å². The lowest BCUT2D eigenvalue weighted by Crippen LogP contribution is -2.32. The quantitative estimate of drug-likeness (QED) is 0.0383. The Morgan fingerprint density at radius 3 is 1.59 bits per heavy atom. The van der Waals surface area contributed by atoms with Gasteiger partial charge in [0, 0.05) is 27.1 Å². The number of hydrazone groups is 2. The monoisotopic (exact) mass is 869 g/mol. The maximum absolute atomic E-state index is 11.0. The van der Waals surface area contributed by atoms with Crippen molar-refractivity contribution in [2.24, 2.45) is 26.7 Å². The maximum Gasteiger partial charge on any atom is 0.150 e. The van der Waals surface area contributed by atoms with Gasteiger partial charge in [-0.15, -0.1) is 0 Å². The van der Waals surface area contributed by atoms with Crippen LogP contribution in [0.1, 0.15) is 88.7 Å². The molecule has 0 radical (unpaired) electrons. The number of aldehydes is 1. The standard InChI is InChI=1S/C36H56N7O4P5S2/c1-9-23-35(5,49(38)52(39)48-37)46-32-17-11-29(12-18-32)26-41-43(8)51(54)36(6,24-10-2)47-33-19-13-28(14-20-33)25-40-42(7)50(53)34(3,4)45-31-21-15-30(27-44)16-22-31/h11-22,25-27,48,50-51H,9-10,23-24,37-39H2,1-8H3/b40-25+,41-26+. The van der Waals surface area contributed by atoms with Crippen LogP contribution >= 0.6 is 37.3 Å². The van der Waals surface area contributed by atoms with Crippen molar-refractivity contribution in [3.05, 3.63) is 89.5 Å². The third kappa shape index (κ3) is 13.4. The van der Waals surface area contributed by atoms with Crippen molar-refractivity contribution in [2.45, 2.75) is 83.3 Å². The number of carbonyl (C=O) groups is 1. The molecule has 7 atom stereocenters. The number of hydrogen-bond acceptors (Lipinski definition) is 11. The average molecular weight is 870 g/mol. The van der Waals surface area contributed by atoms with Gasteiger partial charge in [-0.05, 0) is 133 Å². The molecule has 0 heterocycles. The van der Waals surface area contributed by atoms with Crippen molar-refractivity contribution in [2.75, 3.05) is 14.1 Å². The maximum atomic E-state index is 11.0. The highest BCUT2D eigenvalue weighted by atomic mass is 32.5. The fourth-order valence-corrected chi connectivity index (χ4v) is 15.4. The molecule has 0 bridgehead atoms. The van der Waals surface area contributed by atoms with Gasteiger partial charge in [0.15, 0.2) is 0 Å². The lowest BCUT2D eigenvalue weighted by atomic mass is 10.2. The largest absolute Gasteiger partial charge is 0.481 e. The summed E-state index contributed by atoms with van der Waals surface area (Å²) in [6.07, 6.45) is 7.82. The van der Waals surface area contributed by atoms with Gasteiger partial charge in [-0.25, -0.2) is 0 Å². The molecule has 18 heteroatoms. The molecule has 0 saturated carbocycles. The fraction of sp³-hybridized carbons (Fsp3) is 0.417. The predicted molar refractivity (Wildman–Crippen MR) is 244 cm³/mol. The van der Waals surface area contributed by atoms with Crippen LogP contribution in [-0.2, 0) is 23.6 Å². The van der Waals surface area contributed by atoms with Crippen LogP contribution in [0.5, 0.6) is 17.2 Å². The molecule has 0 amide bonds. The lowest BCUT2D eigenvalue weighted by Gasteiger charge is -2.38. The van der Waals surface area contributed by atoms with Crippen LogP contribution in [-0.4, -0.2) is 58.4 Å². The minimum Gasteiger partial charge on any atom is -0.481 e. The summed E-state index contributed by atoms with van der Waals surface area (Å²) in [5.41, 5.74) is 21.1. The van der Waals surface area contributed by atoms with Gasteiger partial charge in [-0.3, -0.25) is 14.4 Å². The van der Waals surface area contributed by atoms with Crippen LogP contribution < -0.4 is 30.7 Å². The van der Waals surface area contributed by atoms with E-state index in [4.69, 9.17) is 59.4 Å². The summed E-state index contributed by atoms with van der Waals surface area (Å²) in [5, 5.41) is 7.59. The molecule has 11 nitrogen and oxygen atoms in total. The normalized spacial score (nSPS) is 16.7. The first-order valence-corrected chi connectivity index (χ1v) is 28.1. The number of ether oxygens (including phenoxy) is 3. The molecule has 0 saturated heterocycles. The third-order valence-electron chi connectivity index (χ3n) is 8.44. The van der Waals surface area contributed by atoms with E-state index >= 15 is 0 Å². The molecule has 3 rings (SSSR count). The molecular formula is C36H56N7O4P5S2. The minimum absolute atomic E-state index is 0.134. The zero-order valence-electron chi connectivity index (χ0n) is 32.4. The molecule has 0 fully saturated rings. The fourth-order valence-electron chi connectivity index (χ4n) is 5.50. The number of rotatable bonds is 22. The number of carbonyl (C=O) groups excluding carboxylic acids is 1. The SMILES string of the molecule is CCCC(C)(Oc1ccc(/C=N/N(C)[PH](=S)C(C)(CCC)Oc2ccc(/C=N/N(C)[PH](=S)C(C)(C)Oc3ccc(C=O)cc3)cc2)cc1)P(N)P(N)PN. The Hall–Kier alpha value is -1.86. The highest BCUT2D eigenvalue weighted by molar-refractivity contribution is 8.55. The van der Waals surface area contributed by atoms with Crippen molar-refractivity contribution in [3.63, 3.8) is 0 Å². The smallest absolute Gasteiger partial charge is 0.150 e. The van der Waals surface area contributed by atoms with Crippen molar-refractivity contribution < 1.29 is 19.0 Å². The summed E-state index contributed by atoms with van der Waals surface area (Å²) in [7, 11) is 1.90.